The van der Waals surface area contributed by atoms with Gasteiger partial charge in [0.2, 0.25) is 0 Å². The topological polar surface area (TPSA) is 125 Å². The predicted molar refractivity (Wildman–Crippen MR) is 191 cm³/mol. The molecule has 0 spiro atoms. The van der Waals surface area contributed by atoms with E-state index in [4.69, 9.17) is 28.7 Å². The lowest BCUT2D eigenvalue weighted by molar-refractivity contribution is 0.00332. The number of aryl methyl sites for hydroxylation is 1. The molecule has 1 aromatic carbocycles. The van der Waals surface area contributed by atoms with Crippen LogP contribution in [0.15, 0.2) is 60.7 Å². The van der Waals surface area contributed by atoms with Crippen LogP contribution < -0.4 is 5.32 Å². The summed E-state index contributed by atoms with van der Waals surface area (Å²) in [6, 6.07) is 18.8. The number of Topliss-reactive ketones (excluding diaryl/α,β-unsaturated/α-hetero) is 1. The third-order valence-corrected chi connectivity index (χ3v) is 7.87. The van der Waals surface area contributed by atoms with Crippen molar-refractivity contribution in [3.8, 4) is 0 Å². The molecule has 0 radical (unpaired) electrons. The van der Waals surface area contributed by atoms with Crippen LogP contribution in [0.2, 0.25) is 0 Å². The Labute approximate surface area is 296 Å². The number of pyridine rings is 2. The van der Waals surface area contributed by atoms with Crippen LogP contribution in [0.5, 0.6) is 0 Å². The number of ether oxygens (including phenoxy) is 5. The molecule has 2 aromatic heterocycles. The van der Waals surface area contributed by atoms with Crippen molar-refractivity contribution in [2.45, 2.75) is 52.8 Å². The Hall–Kier alpha value is -3.78. The number of hydrogen-bond acceptors (Lipinski definition) is 11. The van der Waals surface area contributed by atoms with Gasteiger partial charge < -0.3 is 23.7 Å². The molecule has 0 bridgehead atoms. The predicted octanol–water partition coefficient (Wildman–Crippen LogP) is 5.31. The summed E-state index contributed by atoms with van der Waals surface area (Å²) in [6.07, 6.45) is -0.524. The first-order valence-electron chi connectivity index (χ1n) is 17.3. The highest BCUT2D eigenvalue weighted by Crippen LogP contribution is 2.29. The van der Waals surface area contributed by atoms with Crippen molar-refractivity contribution in [1.29, 1.82) is 0 Å². The van der Waals surface area contributed by atoms with Crippen LogP contribution in [0, 0.1) is 6.92 Å². The average molecular weight is 692 g/mol. The van der Waals surface area contributed by atoms with Crippen molar-refractivity contribution >= 4 is 17.6 Å². The van der Waals surface area contributed by atoms with E-state index in [-0.39, 0.29) is 11.8 Å². The molecule has 50 heavy (non-hydrogen) atoms. The van der Waals surface area contributed by atoms with Crippen molar-refractivity contribution in [3.63, 3.8) is 0 Å². The molecule has 1 unspecified atom stereocenters. The second-order valence-corrected chi connectivity index (χ2v) is 13.2. The summed E-state index contributed by atoms with van der Waals surface area (Å²) in [5.74, 6) is -0.108. The molecule has 1 fully saturated rings. The summed E-state index contributed by atoms with van der Waals surface area (Å²) >= 11 is 0. The minimum absolute atomic E-state index is 0.108. The first-order valence-corrected chi connectivity index (χ1v) is 17.3. The SMILES string of the molecule is CC(=O)c1cccc(C(c2ccc(NC(=O)OC(C)(C)C)cc2)N2CCOCCOCCN(Cc3cccc(C)n3)CCOCCOCC2)n1. The van der Waals surface area contributed by atoms with Crippen molar-refractivity contribution in [3.05, 3.63) is 89.0 Å². The summed E-state index contributed by atoms with van der Waals surface area (Å²) in [7, 11) is 0. The molecular formula is C38H53N5O7. The van der Waals surface area contributed by atoms with Crippen molar-refractivity contribution in [2.75, 3.05) is 84.4 Å². The molecule has 1 atom stereocenters. The third kappa shape index (κ3) is 13.9. The van der Waals surface area contributed by atoms with Gasteiger partial charge in [-0.3, -0.25) is 24.9 Å². The summed E-state index contributed by atoms with van der Waals surface area (Å²) in [5.41, 5.74) is 4.08. The molecule has 0 aliphatic carbocycles. The lowest BCUT2D eigenvalue weighted by Gasteiger charge is -2.32. The van der Waals surface area contributed by atoms with Gasteiger partial charge in [-0.15, -0.1) is 0 Å². The molecule has 12 heteroatoms. The van der Waals surface area contributed by atoms with Gasteiger partial charge in [0.05, 0.1) is 70.3 Å². The molecule has 1 aliphatic rings. The van der Waals surface area contributed by atoms with E-state index in [1.54, 1.807) is 6.07 Å². The maximum Gasteiger partial charge on any atom is 0.412 e. The van der Waals surface area contributed by atoms with E-state index in [0.717, 1.165) is 42.3 Å². The summed E-state index contributed by atoms with van der Waals surface area (Å²) in [4.78, 5) is 38.6. The Balaban J connectivity index is 1.45. The van der Waals surface area contributed by atoms with Gasteiger partial charge in [0.1, 0.15) is 11.3 Å². The number of anilines is 1. The summed E-state index contributed by atoms with van der Waals surface area (Å²) < 4.78 is 29.4. The number of benzene rings is 1. The molecule has 272 valence electrons. The molecule has 12 nitrogen and oxygen atoms in total. The monoisotopic (exact) mass is 691 g/mol. The van der Waals surface area contributed by atoms with E-state index in [1.165, 1.54) is 6.92 Å². The molecule has 1 saturated heterocycles. The zero-order chi connectivity index (χ0) is 35.8. The standard InChI is InChI=1S/C38H53N5O7/c1-29-8-6-9-33(39-29)28-42-16-20-46-24-26-48-22-18-43(19-23-49-27-25-47-21-17-42)36(35-11-7-10-34(41-35)30(2)44)31-12-14-32(15-13-31)40-37(45)50-38(3,4)5/h6-15,36H,16-28H2,1-5H3,(H,40,45). The van der Waals surface area contributed by atoms with Crippen LogP contribution in [-0.4, -0.2) is 116 Å². The van der Waals surface area contributed by atoms with Crippen LogP contribution >= 0.6 is 0 Å². The largest absolute Gasteiger partial charge is 0.444 e. The Kier molecular flexibility index (Phi) is 15.7. The van der Waals surface area contributed by atoms with Crippen LogP contribution in [0.4, 0.5) is 10.5 Å². The fourth-order valence-corrected chi connectivity index (χ4v) is 5.49. The van der Waals surface area contributed by atoms with Gasteiger partial charge in [0, 0.05) is 51.0 Å². The quantitative estimate of drug-likeness (QED) is 0.324. The fourth-order valence-electron chi connectivity index (χ4n) is 5.49. The van der Waals surface area contributed by atoms with Gasteiger partial charge in [0.25, 0.3) is 0 Å². The number of amides is 1. The number of nitrogens with zero attached hydrogens (tertiary/aromatic N) is 4. The number of carbonyl (C=O) groups is 2. The Morgan fingerprint density at radius 1 is 0.780 bits per heavy atom. The minimum Gasteiger partial charge on any atom is -0.444 e. The van der Waals surface area contributed by atoms with Gasteiger partial charge in [-0.25, -0.2) is 9.78 Å². The smallest absolute Gasteiger partial charge is 0.412 e. The molecular weight excluding hydrogens is 638 g/mol. The highest BCUT2D eigenvalue weighted by atomic mass is 16.6. The van der Waals surface area contributed by atoms with E-state index in [2.05, 4.69) is 20.1 Å². The van der Waals surface area contributed by atoms with Gasteiger partial charge in [-0.05, 0) is 69.7 Å². The Bertz CT molecular complexity index is 1460. The van der Waals surface area contributed by atoms with Crippen LogP contribution in [-0.2, 0) is 30.2 Å². The molecule has 4 rings (SSSR count). The van der Waals surface area contributed by atoms with Gasteiger partial charge >= 0.3 is 6.09 Å². The number of hydrogen-bond donors (Lipinski definition) is 1. The van der Waals surface area contributed by atoms with E-state index >= 15 is 0 Å². The molecule has 3 heterocycles. The molecule has 1 aliphatic heterocycles. The Morgan fingerprint density at radius 2 is 1.36 bits per heavy atom. The van der Waals surface area contributed by atoms with E-state index < -0.39 is 11.7 Å². The summed E-state index contributed by atoms with van der Waals surface area (Å²) in [6.45, 7) is 16.3. The lowest BCUT2D eigenvalue weighted by Crippen LogP contribution is -2.36. The van der Waals surface area contributed by atoms with Gasteiger partial charge in [-0.1, -0.05) is 24.3 Å². The van der Waals surface area contributed by atoms with Crippen molar-refractivity contribution in [1.82, 2.24) is 19.8 Å². The molecule has 3 aromatic rings. The number of rotatable bonds is 7. The third-order valence-electron chi connectivity index (χ3n) is 7.87. The number of nitrogens with one attached hydrogen (secondary N) is 1. The van der Waals surface area contributed by atoms with Gasteiger partial charge in [-0.2, -0.15) is 0 Å². The van der Waals surface area contributed by atoms with Crippen molar-refractivity contribution in [2.24, 2.45) is 0 Å². The van der Waals surface area contributed by atoms with Gasteiger partial charge in [0.15, 0.2) is 5.78 Å². The normalized spacial score (nSPS) is 17.6. The van der Waals surface area contributed by atoms with Crippen LogP contribution in [0.3, 0.4) is 0 Å². The Morgan fingerprint density at radius 3 is 1.92 bits per heavy atom. The number of ketones is 1. The molecule has 1 amide bonds. The van der Waals surface area contributed by atoms with E-state index in [9.17, 15) is 9.59 Å². The molecule has 1 N–H and O–H groups in total. The second-order valence-electron chi connectivity index (χ2n) is 13.2. The highest BCUT2D eigenvalue weighted by Gasteiger charge is 2.25. The first-order chi connectivity index (χ1) is 24.1. The number of aromatic nitrogens is 2. The minimum atomic E-state index is -0.609. The first kappa shape index (κ1) is 39.0. The van der Waals surface area contributed by atoms with Crippen molar-refractivity contribution < 1.29 is 33.3 Å². The average Bonchev–Trinajstić information content (AvgIpc) is 3.06. The lowest BCUT2D eigenvalue weighted by atomic mass is 10.00. The fraction of sp³-hybridized carbons (Fsp3) is 0.526. The van der Waals surface area contributed by atoms with E-state index in [1.807, 2.05) is 82.3 Å². The second kappa shape index (κ2) is 20.2. The molecule has 0 saturated carbocycles. The van der Waals surface area contributed by atoms with Crippen LogP contribution in [0.25, 0.3) is 0 Å². The highest BCUT2D eigenvalue weighted by molar-refractivity contribution is 5.92. The zero-order valence-electron chi connectivity index (χ0n) is 30.2. The van der Waals surface area contributed by atoms with Crippen LogP contribution in [0.1, 0.15) is 66.9 Å². The maximum absolute atomic E-state index is 12.4. The zero-order valence-corrected chi connectivity index (χ0v) is 30.2. The summed E-state index contributed by atoms with van der Waals surface area (Å²) in [5, 5.41) is 2.79. The number of carbonyl (C=O) groups excluding carboxylic acids is 2. The maximum atomic E-state index is 12.4. The van der Waals surface area contributed by atoms with E-state index in [0.29, 0.717) is 77.3 Å².